The van der Waals surface area contributed by atoms with Gasteiger partial charge in [-0.15, -0.1) is 0 Å². The van der Waals surface area contributed by atoms with Crippen LogP contribution in [-0.2, 0) is 4.79 Å². The van der Waals surface area contributed by atoms with E-state index in [9.17, 15) is 4.79 Å². The molecule has 1 aliphatic rings. The Hall–Kier alpha value is -1.07. The van der Waals surface area contributed by atoms with E-state index in [0.29, 0.717) is 18.9 Å². The summed E-state index contributed by atoms with van der Waals surface area (Å²) in [4.78, 5) is 10.7. The Labute approximate surface area is 127 Å². The summed E-state index contributed by atoms with van der Waals surface area (Å²) in [6, 6.07) is 3.66. The minimum Gasteiger partial charge on any atom is -0.492 e. The molecule has 0 saturated heterocycles. The standard InChI is InChI=1S/C15H20BrNO3/c1-9-6-11(13(17)4-5-14(18)19)15(12(16)7-9)20-8-10-2-3-10/h6-7,10,13H,2-5,8,17H2,1H3,(H,18,19). The third-order valence-electron chi connectivity index (χ3n) is 3.45. The van der Waals surface area contributed by atoms with Gasteiger partial charge < -0.3 is 15.6 Å². The second-order valence-electron chi connectivity index (χ2n) is 5.46. The average molecular weight is 342 g/mol. The lowest BCUT2D eigenvalue weighted by Crippen LogP contribution is -2.15. The normalized spacial score (nSPS) is 15.9. The number of carbonyl (C=O) groups is 1. The molecule has 1 aromatic rings. The highest BCUT2D eigenvalue weighted by molar-refractivity contribution is 9.10. The van der Waals surface area contributed by atoms with Crippen molar-refractivity contribution in [2.75, 3.05) is 6.61 Å². The number of hydrogen-bond acceptors (Lipinski definition) is 3. The Bertz CT molecular complexity index is 500. The van der Waals surface area contributed by atoms with E-state index in [1.165, 1.54) is 12.8 Å². The van der Waals surface area contributed by atoms with E-state index in [1.807, 2.05) is 19.1 Å². The highest BCUT2D eigenvalue weighted by atomic mass is 79.9. The molecule has 0 spiro atoms. The van der Waals surface area contributed by atoms with Crippen LogP contribution in [0, 0.1) is 12.8 Å². The fourth-order valence-electron chi connectivity index (χ4n) is 2.10. The minimum absolute atomic E-state index is 0.0643. The molecule has 1 aromatic carbocycles. The molecule has 0 aliphatic heterocycles. The minimum atomic E-state index is -0.826. The van der Waals surface area contributed by atoms with Crippen LogP contribution in [0.2, 0.25) is 0 Å². The largest absolute Gasteiger partial charge is 0.492 e. The third kappa shape index (κ3) is 4.21. The highest BCUT2D eigenvalue weighted by Crippen LogP contribution is 2.37. The van der Waals surface area contributed by atoms with Gasteiger partial charge >= 0.3 is 5.97 Å². The Balaban J connectivity index is 2.16. The maximum atomic E-state index is 10.7. The van der Waals surface area contributed by atoms with E-state index in [0.717, 1.165) is 21.3 Å². The van der Waals surface area contributed by atoms with E-state index >= 15 is 0 Å². The maximum Gasteiger partial charge on any atom is 0.303 e. The Morgan fingerprint density at radius 2 is 2.25 bits per heavy atom. The quantitative estimate of drug-likeness (QED) is 0.796. The number of rotatable bonds is 7. The van der Waals surface area contributed by atoms with Crippen molar-refractivity contribution in [1.29, 1.82) is 0 Å². The van der Waals surface area contributed by atoms with Gasteiger partial charge in [-0.05, 0) is 59.7 Å². The molecule has 0 bridgehead atoms. The molecule has 2 rings (SSSR count). The molecule has 110 valence electrons. The summed E-state index contributed by atoms with van der Waals surface area (Å²) in [7, 11) is 0. The summed E-state index contributed by atoms with van der Waals surface area (Å²) >= 11 is 3.52. The van der Waals surface area contributed by atoms with Crippen LogP contribution < -0.4 is 10.5 Å². The number of halogens is 1. The van der Waals surface area contributed by atoms with Crippen LogP contribution in [0.4, 0.5) is 0 Å². The van der Waals surface area contributed by atoms with Gasteiger partial charge in [0.15, 0.2) is 0 Å². The first-order valence-corrected chi connectivity index (χ1v) is 7.67. The van der Waals surface area contributed by atoms with Crippen LogP contribution in [0.25, 0.3) is 0 Å². The second-order valence-corrected chi connectivity index (χ2v) is 6.31. The van der Waals surface area contributed by atoms with Gasteiger partial charge in [0.1, 0.15) is 5.75 Å². The molecule has 1 fully saturated rings. The van der Waals surface area contributed by atoms with Gasteiger partial charge in [0.2, 0.25) is 0 Å². The molecule has 3 N–H and O–H groups in total. The van der Waals surface area contributed by atoms with Gasteiger partial charge in [-0.1, -0.05) is 6.07 Å². The van der Waals surface area contributed by atoms with E-state index in [-0.39, 0.29) is 12.5 Å². The van der Waals surface area contributed by atoms with E-state index in [1.54, 1.807) is 0 Å². The highest BCUT2D eigenvalue weighted by Gasteiger charge is 2.24. The van der Waals surface area contributed by atoms with Crippen LogP contribution >= 0.6 is 15.9 Å². The molecule has 1 aliphatic carbocycles. The van der Waals surface area contributed by atoms with Crippen LogP contribution in [0.5, 0.6) is 5.75 Å². The Morgan fingerprint density at radius 3 is 2.85 bits per heavy atom. The lowest BCUT2D eigenvalue weighted by Gasteiger charge is -2.19. The lowest BCUT2D eigenvalue weighted by atomic mass is 10.00. The molecule has 20 heavy (non-hydrogen) atoms. The summed E-state index contributed by atoms with van der Waals surface area (Å²) in [6.45, 7) is 2.70. The molecular weight excluding hydrogens is 322 g/mol. The third-order valence-corrected chi connectivity index (χ3v) is 4.03. The van der Waals surface area contributed by atoms with Gasteiger partial charge in [0.05, 0.1) is 11.1 Å². The molecule has 0 aromatic heterocycles. The first-order chi connectivity index (χ1) is 9.47. The predicted octanol–water partition coefficient (Wildman–Crippen LogP) is 3.41. The number of carboxylic acid groups (broad SMARTS) is 1. The molecule has 0 radical (unpaired) electrons. The molecule has 1 atom stereocenters. The monoisotopic (exact) mass is 341 g/mol. The number of nitrogens with two attached hydrogens (primary N) is 1. The van der Waals surface area contributed by atoms with Crippen LogP contribution in [0.3, 0.4) is 0 Å². The van der Waals surface area contributed by atoms with Crippen molar-refractivity contribution in [3.8, 4) is 5.75 Å². The van der Waals surface area contributed by atoms with Crippen LogP contribution in [0.1, 0.15) is 42.9 Å². The summed E-state index contributed by atoms with van der Waals surface area (Å²) in [5, 5.41) is 8.78. The van der Waals surface area contributed by atoms with Gasteiger partial charge in [0, 0.05) is 18.0 Å². The molecular formula is C15H20BrNO3. The second kappa shape index (κ2) is 6.59. The van der Waals surface area contributed by atoms with Crippen LogP contribution in [-0.4, -0.2) is 17.7 Å². The van der Waals surface area contributed by atoms with Crippen molar-refractivity contribution in [3.05, 3.63) is 27.7 Å². The maximum absolute atomic E-state index is 10.7. The average Bonchev–Trinajstić information content (AvgIpc) is 3.18. The van der Waals surface area contributed by atoms with E-state index in [4.69, 9.17) is 15.6 Å². The summed E-state index contributed by atoms with van der Waals surface area (Å²) in [5.74, 6) is 0.597. The number of carboxylic acids is 1. The van der Waals surface area contributed by atoms with Gasteiger partial charge in [-0.25, -0.2) is 0 Å². The molecule has 5 heteroatoms. The first kappa shape index (κ1) is 15.3. The zero-order valence-corrected chi connectivity index (χ0v) is 13.1. The number of ether oxygens (including phenoxy) is 1. The zero-order valence-electron chi connectivity index (χ0n) is 11.6. The lowest BCUT2D eigenvalue weighted by molar-refractivity contribution is -0.137. The topological polar surface area (TPSA) is 72.5 Å². The summed E-state index contributed by atoms with van der Waals surface area (Å²) in [5.41, 5.74) is 8.11. The number of hydrogen-bond donors (Lipinski definition) is 2. The molecule has 4 nitrogen and oxygen atoms in total. The molecule has 0 heterocycles. The zero-order chi connectivity index (χ0) is 14.7. The number of aryl methyl sites for hydroxylation is 1. The Kier molecular flexibility index (Phi) is 5.05. The van der Waals surface area contributed by atoms with Crippen molar-refractivity contribution >= 4 is 21.9 Å². The molecule has 1 unspecified atom stereocenters. The molecule has 1 saturated carbocycles. The fourth-order valence-corrected chi connectivity index (χ4v) is 2.81. The van der Waals surface area contributed by atoms with Crippen molar-refractivity contribution in [2.45, 2.75) is 38.6 Å². The van der Waals surface area contributed by atoms with Gasteiger partial charge in [-0.2, -0.15) is 0 Å². The van der Waals surface area contributed by atoms with Crippen LogP contribution in [0.15, 0.2) is 16.6 Å². The van der Waals surface area contributed by atoms with E-state index in [2.05, 4.69) is 15.9 Å². The Morgan fingerprint density at radius 1 is 1.55 bits per heavy atom. The van der Waals surface area contributed by atoms with Gasteiger partial charge in [-0.3, -0.25) is 4.79 Å². The summed E-state index contributed by atoms with van der Waals surface area (Å²) in [6.07, 6.45) is 2.92. The SMILES string of the molecule is Cc1cc(Br)c(OCC2CC2)c(C(N)CCC(=O)O)c1. The van der Waals surface area contributed by atoms with Gasteiger partial charge in [0.25, 0.3) is 0 Å². The van der Waals surface area contributed by atoms with Crippen molar-refractivity contribution < 1.29 is 14.6 Å². The first-order valence-electron chi connectivity index (χ1n) is 6.87. The van der Waals surface area contributed by atoms with E-state index < -0.39 is 5.97 Å². The summed E-state index contributed by atoms with van der Waals surface area (Å²) < 4.78 is 6.79. The number of benzene rings is 1. The molecule has 0 amide bonds. The van der Waals surface area contributed by atoms with Crippen molar-refractivity contribution in [1.82, 2.24) is 0 Å². The predicted molar refractivity (Wildman–Crippen MR) is 80.9 cm³/mol. The smallest absolute Gasteiger partial charge is 0.303 e. The fraction of sp³-hybridized carbons (Fsp3) is 0.533. The van der Waals surface area contributed by atoms with Crippen molar-refractivity contribution in [2.24, 2.45) is 11.7 Å². The number of aliphatic carboxylic acids is 1. The van der Waals surface area contributed by atoms with Crippen molar-refractivity contribution in [3.63, 3.8) is 0 Å².